The molecule has 3 aromatic rings. The number of carbonyl (C=O) groups is 3. The third kappa shape index (κ3) is 5.11. The first-order chi connectivity index (χ1) is 14.6. The van der Waals surface area contributed by atoms with Gasteiger partial charge in [0.25, 0.3) is 0 Å². The van der Waals surface area contributed by atoms with Crippen LogP contribution < -0.4 is 14.2 Å². The lowest BCUT2D eigenvalue weighted by molar-refractivity contribution is -0.253. The molecule has 0 heterocycles. The Morgan fingerprint density at radius 3 is 1.03 bits per heavy atom. The minimum absolute atomic E-state index is 0.299. The van der Waals surface area contributed by atoms with Gasteiger partial charge in [0.1, 0.15) is 36.1 Å². The normalized spacial score (nSPS) is 10.7. The molecule has 0 N–H and O–H groups in total. The van der Waals surface area contributed by atoms with E-state index >= 15 is 0 Å². The molecule has 0 unspecified atom stereocenters. The number of carbonyl (C=O) groups excluding carboxylic acids is 3. The molecular formula is C24H20O6. The monoisotopic (exact) mass is 404 g/mol. The smallest absolute Gasteiger partial charge is 0.416 e. The van der Waals surface area contributed by atoms with Crippen LogP contribution in [0.3, 0.4) is 0 Å². The summed E-state index contributed by atoms with van der Waals surface area (Å²) in [4.78, 5) is 32.7. The van der Waals surface area contributed by atoms with E-state index < -0.39 is 5.97 Å². The van der Waals surface area contributed by atoms with Crippen molar-refractivity contribution < 1.29 is 28.6 Å². The molecule has 0 aliphatic heterocycles. The number of benzene rings is 3. The predicted molar refractivity (Wildman–Crippen MR) is 110 cm³/mol. The van der Waals surface area contributed by atoms with Crippen LogP contribution in [0.5, 0.6) is 17.2 Å². The van der Waals surface area contributed by atoms with E-state index in [1.54, 1.807) is 72.8 Å². The molecule has 6 nitrogen and oxygen atoms in total. The summed E-state index contributed by atoms with van der Waals surface area (Å²) in [6, 6.07) is 19.6. The Kier molecular flexibility index (Phi) is 6.60. The maximum atomic E-state index is 10.9. The van der Waals surface area contributed by atoms with Crippen molar-refractivity contribution in [2.75, 3.05) is 0 Å². The molecule has 0 saturated carbocycles. The van der Waals surface area contributed by atoms with Gasteiger partial charge in [-0.1, -0.05) is 6.92 Å². The molecule has 0 fully saturated rings. The molecule has 0 amide bonds. The molecule has 3 aromatic carbocycles. The zero-order valence-corrected chi connectivity index (χ0v) is 16.3. The van der Waals surface area contributed by atoms with E-state index in [-0.39, 0.29) is 0 Å². The SMILES string of the molecule is CCC(Oc1ccc(C=O)cc1)(Oc1ccc(C=O)cc1)Oc1ccc(C=O)cc1. The van der Waals surface area contributed by atoms with E-state index in [2.05, 4.69) is 0 Å². The van der Waals surface area contributed by atoms with Gasteiger partial charge >= 0.3 is 5.97 Å². The van der Waals surface area contributed by atoms with Gasteiger partial charge in [-0.2, -0.15) is 0 Å². The third-order valence-corrected chi connectivity index (χ3v) is 4.30. The molecule has 0 aromatic heterocycles. The first kappa shape index (κ1) is 20.8. The van der Waals surface area contributed by atoms with Crippen LogP contribution in [0.25, 0.3) is 0 Å². The lowest BCUT2D eigenvalue weighted by atomic mass is 10.2. The second-order valence-electron chi connectivity index (χ2n) is 6.40. The fraction of sp³-hybridized carbons (Fsp3) is 0.125. The number of hydrogen-bond donors (Lipinski definition) is 0. The maximum Gasteiger partial charge on any atom is 0.416 e. The lowest BCUT2D eigenvalue weighted by Crippen LogP contribution is -2.47. The van der Waals surface area contributed by atoms with Crippen LogP contribution in [-0.2, 0) is 0 Å². The molecule has 0 aliphatic carbocycles. The second-order valence-corrected chi connectivity index (χ2v) is 6.40. The fourth-order valence-corrected chi connectivity index (χ4v) is 2.66. The van der Waals surface area contributed by atoms with Crippen LogP contribution in [-0.4, -0.2) is 24.8 Å². The molecule has 30 heavy (non-hydrogen) atoms. The third-order valence-electron chi connectivity index (χ3n) is 4.30. The molecule has 0 radical (unpaired) electrons. The van der Waals surface area contributed by atoms with Gasteiger partial charge in [0.15, 0.2) is 0 Å². The molecule has 0 spiro atoms. The molecule has 0 atom stereocenters. The van der Waals surface area contributed by atoms with Crippen molar-refractivity contribution in [3.05, 3.63) is 89.5 Å². The van der Waals surface area contributed by atoms with Crippen LogP contribution in [0.1, 0.15) is 44.4 Å². The molecule has 6 heteroatoms. The molecule has 0 aliphatic rings. The molecular weight excluding hydrogens is 384 g/mol. The van der Waals surface area contributed by atoms with Gasteiger partial charge < -0.3 is 14.2 Å². The van der Waals surface area contributed by atoms with Crippen molar-refractivity contribution in [1.82, 2.24) is 0 Å². The molecule has 3 rings (SSSR count). The number of aldehydes is 3. The molecule has 0 bridgehead atoms. The van der Waals surface area contributed by atoms with Crippen molar-refractivity contribution in [2.24, 2.45) is 0 Å². The Bertz CT molecular complexity index is 861. The summed E-state index contributed by atoms with van der Waals surface area (Å²) in [7, 11) is 0. The summed E-state index contributed by atoms with van der Waals surface area (Å²) in [6.45, 7) is 1.83. The standard InChI is InChI=1S/C24H20O6/c1-2-24(28-21-9-3-18(15-25)4-10-21,29-22-11-5-19(16-26)6-12-22)30-23-13-7-20(17-27)8-14-23/h3-17H,2H2,1H3. The van der Waals surface area contributed by atoms with Crippen molar-refractivity contribution in [3.8, 4) is 17.2 Å². The topological polar surface area (TPSA) is 78.9 Å². The predicted octanol–water partition coefficient (Wildman–Crippen LogP) is 4.72. The van der Waals surface area contributed by atoms with Crippen LogP contribution >= 0.6 is 0 Å². The zero-order valence-electron chi connectivity index (χ0n) is 16.3. The van der Waals surface area contributed by atoms with E-state index in [1.807, 2.05) is 6.92 Å². The van der Waals surface area contributed by atoms with Gasteiger partial charge in [-0.25, -0.2) is 0 Å². The van der Waals surface area contributed by atoms with E-state index in [0.29, 0.717) is 40.4 Å². The van der Waals surface area contributed by atoms with Crippen LogP contribution in [0.4, 0.5) is 0 Å². The van der Waals surface area contributed by atoms with Crippen molar-refractivity contribution >= 4 is 18.9 Å². The lowest BCUT2D eigenvalue weighted by Gasteiger charge is -2.33. The molecule has 0 saturated heterocycles. The minimum Gasteiger partial charge on any atom is -0.421 e. The zero-order chi connectivity index (χ0) is 21.4. The Labute approximate surface area is 174 Å². The summed E-state index contributed by atoms with van der Waals surface area (Å²) in [5, 5.41) is 0. The summed E-state index contributed by atoms with van der Waals surface area (Å²) >= 11 is 0. The van der Waals surface area contributed by atoms with E-state index in [4.69, 9.17) is 14.2 Å². The number of ether oxygens (including phenoxy) is 3. The van der Waals surface area contributed by atoms with E-state index in [0.717, 1.165) is 18.9 Å². The number of hydrogen-bond acceptors (Lipinski definition) is 6. The Morgan fingerprint density at radius 2 is 0.833 bits per heavy atom. The maximum absolute atomic E-state index is 10.9. The number of rotatable bonds is 10. The van der Waals surface area contributed by atoms with E-state index in [9.17, 15) is 14.4 Å². The van der Waals surface area contributed by atoms with Crippen molar-refractivity contribution in [1.29, 1.82) is 0 Å². The highest BCUT2D eigenvalue weighted by atomic mass is 16.9. The van der Waals surface area contributed by atoms with E-state index in [1.165, 1.54) is 0 Å². The van der Waals surface area contributed by atoms with Gasteiger partial charge in [-0.3, -0.25) is 14.4 Å². The molecule has 152 valence electrons. The van der Waals surface area contributed by atoms with Crippen LogP contribution in [0, 0.1) is 0 Å². The Balaban J connectivity index is 1.93. The quantitative estimate of drug-likeness (QED) is 0.359. The van der Waals surface area contributed by atoms with Gasteiger partial charge in [0.05, 0.1) is 6.42 Å². The summed E-state index contributed by atoms with van der Waals surface area (Å²) in [5.74, 6) is -0.210. The second kappa shape index (κ2) is 9.52. The van der Waals surface area contributed by atoms with Gasteiger partial charge in [-0.15, -0.1) is 0 Å². The van der Waals surface area contributed by atoms with Crippen molar-refractivity contribution in [3.63, 3.8) is 0 Å². The minimum atomic E-state index is -1.53. The summed E-state index contributed by atoms with van der Waals surface area (Å²) in [6.07, 6.45) is 2.53. The highest BCUT2D eigenvalue weighted by Gasteiger charge is 2.37. The average Bonchev–Trinajstić information content (AvgIpc) is 2.80. The highest BCUT2D eigenvalue weighted by Crippen LogP contribution is 2.29. The highest BCUT2D eigenvalue weighted by molar-refractivity contribution is 5.75. The summed E-state index contributed by atoms with van der Waals surface area (Å²) in [5.41, 5.74) is 1.54. The average molecular weight is 404 g/mol. The van der Waals surface area contributed by atoms with Crippen LogP contribution in [0.15, 0.2) is 72.8 Å². The first-order valence-corrected chi connectivity index (χ1v) is 9.32. The Hall–Kier alpha value is -3.93. The van der Waals surface area contributed by atoms with Crippen LogP contribution in [0.2, 0.25) is 0 Å². The Morgan fingerprint density at radius 1 is 0.567 bits per heavy atom. The first-order valence-electron chi connectivity index (χ1n) is 9.32. The van der Waals surface area contributed by atoms with Gasteiger partial charge in [-0.05, 0) is 72.8 Å². The largest absolute Gasteiger partial charge is 0.421 e. The summed E-state index contributed by atoms with van der Waals surface area (Å²) < 4.78 is 18.2. The van der Waals surface area contributed by atoms with Gasteiger partial charge in [0.2, 0.25) is 0 Å². The van der Waals surface area contributed by atoms with Crippen molar-refractivity contribution in [2.45, 2.75) is 19.3 Å². The van der Waals surface area contributed by atoms with Gasteiger partial charge in [0, 0.05) is 16.7 Å². The fourth-order valence-electron chi connectivity index (χ4n) is 2.66.